The fraction of sp³-hybridized carbons (Fsp3) is 0.667. The lowest BCUT2D eigenvalue weighted by Gasteiger charge is -2.23. The third-order valence-electron chi connectivity index (χ3n) is 2.56. The highest BCUT2D eigenvalue weighted by Crippen LogP contribution is 2.36. The molecule has 0 radical (unpaired) electrons. The quantitative estimate of drug-likeness (QED) is 0.779. The second-order valence-corrected chi connectivity index (χ2v) is 3.82. The van der Waals surface area contributed by atoms with Crippen molar-refractivity contribution in [2.45, 2.75) is 17.4 Å². The van der Waals surface area contributed by atoms with Gasteiger partial charge in [0.15, 0.2) is 17.8 Å². The van der Waals surface area contributed by atoms with Crippen molar-refractivity contribution in [2.24, 2.45) is 0 Å². The average molecular weight is 262 g/mol. The summed E-state index contributed by atoms with van der Waals surface area (Å²) in [5, 5.41) is 0.671. The summed E-state index contributed by atoms with van der Waals surface area (Å²) in [5.74, 6) is 0.786. The number of halogens is 1. The third-order valence-corrected chi connectivity index (χ3v) is 3.09. The molecule has 0 saturated carbocycles. The van der Waals surface area contributed by atoms with E-state index in [1.807, 2.05) is 0 Å². The van der Waals surface area contributed by atoms with Crippen LogP contribution in [0.5, 0.6) is 0 Å². The van der Waals surface area contributed by atoms with Crippen molar-refractivity contribution >= 4 is 15.9 Å². The van der Waals surface area contributed by atoms with Crippen molar-refractivity contribution in [2.75, 3.05) is 20.3 Å². The molecule has 1 atom stereocenters. The van der Waals surface area contributed by atoms with Gasteiger partial charge < -0.3 is 13.9 Å². The Morgan fingerprint density at radius 2 is 2.57 bits per heavy atom. The minimum atomic E-state index is -0.431. The first-order valence-corrected chi connectivity index (χ1v) is 5.56. The molecule has 1 aliphatic rings. The Morgan fingerprint density at radius 3 is 3.14 bits per heavy atom. The lowest BCUT2D eigenvalue weighted by Crippen LogP contribution is -2.29. The molecule has 0 bridgehead atoms. The van der Waals surface area contributed by atoms with Crippen LogP contribution in [-0.2, 0) is 20.4 Å². The number of aromatic nitrogens is 1. The molecule has 2 rings (SSSR count). The zero-order valence-corrected chi connectivity index (χ0v) is 9.54. The molecular weight excluding hydrogens is 250 g/mol. The summed E-state index contributed by atoms with van der Waals surface area (Å²) in [4.78, 5) is 4.12. The smallest absolute Gasteiger partial charge is 0.181 e. The van der Waals surface area contributed by atoms with Gasteiger partial charge in [0, 0.05) is 18.9 Å². The molecule has 5 heteroatoms. The van der Waals surface area contributed by atoms with Crippen LogP contribution < -0.4 is 0 Å². The molecule has 0 N–H and O–H groups in total. The van der Waals surface area contributed by atoms with E-state index >= 15 is 0 Å². The topological polar surface area (TPSA) is 44.5 Å². The van der Waals surface area contributed by atoms with Crippen LogP contribution >= 0.6 is 15.9 Å². The number of hydrogen-bond acceptors (Lipinski definition) is 4. The van der Waals surface area contributed by atoms with Crippen LogP contribution in [0.3, 0.4) is 0 Å². The van der Waals surface area contributed by atoms with Gasteiger partial charge in [-0.1, -0.05) is 15.9 Å². The summed E-state index contributed by atoms with van der Waals surface area (Å²) >= 11 is 3.37. The SMILES string of the molecule is COC1(c2ocnc2CBr)CCOC1. The first-order chi connectivity index (χ1) is 6.82. The number of nitrogens with zero attached hydrogens (tertiary/aromatic N) is 1. The monoisotopic (exact) mass is 261 g/mol. The van der Waals surface area contributed by atoms with Crippen LogP contribution in [0, 0.1) is 0 Å². The van der Waals surface area contributed by atoms with Gasteiger partial charge in [-0.3, -0.25) is 0 Å². The van der Waals surface area contributed by atoms with Crippen LogP contribution in [-0.4, -0.2) is 25.3 Å². The summed E-state index contributed by atoms with van der Waals surface area (Å²) in [6.45, 7) is 1.24. The molecular formula is C9H12BrNO3. The molecule has 0 spiro atoms. The standard InChI is InChI=1S/C9H12BrNO3/c1-12-9(2-3-13-5-9)8-7(4-10)11-6-14-8/h6H,2-5H2,1H3. The number of ether oxygens (including phenoxy) is 2. The summed E-state index contributed by atoms with van der Waals surface area (Å²) in [5.41, 5.74) is 0.455. The van der Waals surface area contributed by atoms with E-state index in [1.54, 1.807) is 7.11 Å². The normalized spacial score (nSPS) is 27.0. The molecule has 78 valence electrons. The van der Waals surface area contributed by atoms with Gasteiger partial charge in [0.05, 0.1) is 18.9 Å². The van der Waals surface area contributed by atoms with E-state index in [4.69, 9.17) is 13.9 Å². The maximum atomic E-state index is 5.51. The van der Waals surface area contributed by atoms with Crippen molar-refractivity contribution in [3.63, 3.8) is 0 Å². The van der Waals surface area contributed by atoms with Crippen LogP contribution in [0.15, 0.2) is 10.8 Å². The van der Waals surface area contributed by atoms with Gasteiger partial charge >= 0.3 is 0 Å². The number of rotatable bonds is 3. The van der Waals surface area contributed by atoms with Gasteiger partial charge in [-0.05, 0) is 0 Å². The van der Waals surface area contributed by atoms with E-state index < -0.39 is 5.60 Å². The molecule has 14 heavy (non-hydrogen) atoms. The first-order valence-electron chi connectivity index (χ1n) is 4.44. The third kappa shape index (κ3) is 1.49. The maximum absolute atomic E-state index is 5.51. The zero-order valence-electron chi connectivity index (χ0n) is 7.96. The van der Waals surface area contributed by atoms with Crippen molar-refractivity contribution < 1.29 is 13.9 Å². The van der Waals surface area contributed by atoms with E-state index in [9.17, 15) is 0 Å². The average Bonchev–Trinajstić information content (AvgIpc) is 2.86. The molecule has 1 aromatic heterocycles. The molecule has 0 amide bonds. The van der Waals surface area contributed by atoms with E-state index in [2.05, 4.69) is 20.9 Å². The Morgan fingerprint density at radius 1 is 1.71 bits per heavy atom. The molecule has 0 aliphatic carbocycles. The lowest BCUT2D eigenvalue weighted by molar-refractivity contribution is -0.0375. The van der Waals surface area contributed by atoms with Crippen molar-refractivity contribution in [1.82, 2.24) is 4.98 Å². The van der Waals surface area contributed by atoms with Gasteiger partial charge in [0.25, 0.3) is 0 Å². The Balaban J connectivity index is 2.35. The second-order valence-electron chi connectivity index (χ2n) is 3.26. The highest BCUT2D eigenvalue weighted by Gasteiger charge is 2.41. The maximum Gasteiger partial charge on any atom is 0.181 e. The summed E-state index contributed by atoms with van der Waals surface area (Å²) in [6.07, 6.45) is 2.27. The molecule has 1 fully saturated rings. The number of alkyl halides is 1. The highest BCUT2D eigenvalue weighted by molar-refractivity contribution is 9.08. The fourth-order valence-electron chi connectivity index (χ4n) is 1.71. The van der Waals surface area contributed by atoms with E-state index in [0.717, 1.165) is 17.9 Å². The number of hydrogen-bond donors (Lipinski definition) is 0. The van der Waals surface area contributed by atoms with E-state index in [-0.39, 0.29) is 0 Å². The summed E-state index contributed by atoms with van der Waals surface area (Å²) in [7, 11) is 1.68. The molecule has 4 nitrogen and oxygen atoms in total. The Hall–Kier alpha value is -0.390. The Kier molecular flexibility index (Phi) is 2.90. The number of methoxy groups -OCH3 is 1. The first kappa shape index (κ1) is 10.1. The predicted molar refractivity (Wildman–Crippen MR) is 53.3 cm³/mol. The van der Waals surface area contributed by atoms with Gasteiger partial charge in [-0.25, -0.2) is 4.98 Å². The molecule has 1 unspecified atom stereocenters. The Bertz CT molecular complexity index is 307. The van der Waals surface area contributed by atoms with Gasteiger partial charge in [0.2, 0.25) is 0 Å². The van der Waals surface area contributed by atoms with Crippen LogP contribution in [0.1, 0.15) is 17.9 Å². The Labute approximate surface area is 90.7 Å². The highest BCUT2D eigenvalue weighted by atomic mass is 79.9. The van der Waals surface area contributed by atoms with Crippen LogP contribution in [0.2, 0.25) is 0 Å². The molecule has 1 aromatic rings. The fourth-order valence-corrected chi connectivity index (χ4v) is 2.11. The van der Waals surface area contributed by atoms with Crippen LogP contribution in [0.4, 0.5) is 0 Å². The zero-order chi connectivity index (χ0) is 10.0. The molecule has 1 saturated heterocycles. The minimum absolute atomic E-state index is 0.431. The largest absolute Gasteiger partial charge is 0.445 e. The van der Waals surface area contributed by atoms with Gasteiger partial charge in [0.1, 0.15) is 0 Å². The number of oxazole rings is 1. The van der Waals surface area contributed by atoms with E-state index in [1.165, 1.54) is 6.39 Å². The second kappa shape index (κ2) is 4.00. The molecule has 2 heterocycles. The van der Waals surface area contributed by atoms with Crippen molar-refractivity contribution in [3.05, 3.63) is 17.8 Å². The van der Waals surface area contributed by atoms with Crippen molar-refractivity contribution in [3.8, 4) is 0 Å². The van der Waals surface area contributed by atoms with Gasteiger partial charge in [-0.2, -0.15) is 0 Å². The molecule has 0 aromatic carbocycles. The minimum Gasteiger partial charge on any atom is -0.445 e. The summed E-state index contributed by atoms with van der Waals surface area (Å²) < 4.78 is 16.2. The summed E-state index contributed by atoms with van der Waals surface area (Å²) in [6, 6.07) is 0. The van der Waals surface area contributed by atoms with Crippen molar-refractivity contribution in [1.29, 1.82) is 0 Å². The van der Waals surface area contributed by atoms with E-state index in [0.29, 0.717) is 18.5 Å². The van der Waals surface area contributed by atoms with Crippen LogP contribution in [0.25, 0.3) is 0 Å². The molecule has 1 aliphatic heterocycles. The lowest BCUT2D eigenvalue weighted by atomic mass is 9.98. The predicted octanol–water partition coefficient (Wildman–Crippen LogP) is 1.83. The van der Waals surface area contributed by atoms with Gasteiger partial charge in [-0.15, -0.1) is 0 Å².